The summed E-state index contributed by atoms with van der Waals surface area (Å²) < 4.78 is 58.2. The van der Waals surface area contributed by atoms with Gasteiger partial charge in [-0.15, -0.1) is 0 Å². The first kappa shape index (κ1) is 24.5. The highest BCUT2D eigenvalue weighted by molar-refractivity contribution is 6.38. The third-order valence-electron chi connectivity index (χ3n) is 5.76. The second-order valence-corrected chi connectivity index (χ2v) is 8.16. The van der Waals surface area contributed by atoms with Gasteiger partial charge in [0.15, 0.2) is 23.3 Å². The van der Waals surface area contributed by atoms with Crippen molar-refractivity contribution in [1.82, 2.24) is 9.55 Å². The lowest BCUT2D eigenvalue weighted by Crippen LogP contribution is -2.32. The zero-order chi connectivity index (χ0) is 25.6. The van der Waals surface area contributed by atoms with Crippen LogP contribution in [0.5, 0.6) is 0 Å². The zero-order valence-electron chi connectivity index (χ0n) is 17.8. The van der Waals surface area contributed by atoms with Gasteiger partial charge in [0.05, 0.1) is 28.2 Å². The quantitative estimate of drug-likeness (QED) is 0.457. The van der Waals surface area contributed by atoms with Crippen molar-refractivity contribution in [2.45, 2.75) is 12.8 Å². The second-order valence-electron chi connectivity index (χ2n) is 7.78. The number of hydrogen-bond acceptors (Lipinski definition) is 6. The van der Waals surface area contributed by atoms with E-state index in [0.29, 0.717) is 11.6 Å². The molecule has 4 N–H and O–H groups in total. The number of hydrogen-bond donors (Lipinski definition) is 3. The first-order valence-corrected chi connectivity index (χ1v) is 10.6. The van der Waals surface area contributed by atoms with Gasteiger partial charge in [-0.1, -0.05) is 11.6 Å². The lowest BCUT2D eigenvalue weighted by molar-refractivity contribution is 0.0695. The third kappa shape index (κ3) is 4.19. The van der Waals surface area contributed by atoms with Gasteiger partial charge in [-0.25, -0.2) is 27.3 Å². The summed E-state index contributed by atoms with van der Waals surface area (Å²) in [7, 11) is 0. The van der Waals surface area contributed by atoms with E-state index in [0.717, 1.165) is 16.8 Å². The third-order valence-corrected chi connectivity index (χ3v) is 6.12. The van der Waals surface area contributed by atoms with E-state index in [4.69, 9.17) is 22.4 Å². The molecular formula is C22H17ClF4N4O4. The average Bonchev–Trinajstić information content (AvgIpc) is 2.82. The van der Waals surface area contributed by atoms with E-state index in [9.17, 15) is 27.9 Å². The van der Waals surface area contributed by atoms with Gasteiger partial charge < -0.3 is 20.8 Å². The van der Waals surface area contributed by atoms with Crippen LogP contribution in [0.15, 0.2) is 34.5 Å². The minimum Gasteiger partial charge on any atom is -0.477 e. The van der Waals surface area contributed by atoms with Gasteiger partial charge in [0, 0.05) is 25.4 Å². The number of aromatic nitrogens is 2. The smallest absolute Gasteiger partial charge is 0.341 e. The number of fused-ring (bicyclic) bond motifs is 1. The fourth-order valence-corrected chi connectivity index (χ4v) is 4.44. The van der Waals surface area contributed by atoms with E-state index in [-0.39, 0.29) is 42.2 Å². The number of nitrogens with zero attached hydrogens (tertiary/aromatic N) is 3. The van der Waals surface area contributed by atoms with Crippen LogP contribution >= 0.6 is 11.6 Å². The molecule has 2 aromatic heterocycles. The molecule has 0 radical (unpaired) electrons. The summed E-state index contributed by atoms with van der Waals surface area (Å²) in [6, 6.07) is 1.20. The van der Waals surface area contributed by atoms with Crippen molar-refractivity contribution < 1.29 is 32.6 Å². The molecule has 8 nitrogen and oxygen atoms in total. The monoisotopic (exact) mass is 512 g/mol. The van der Waals surface area contributed by atoms with Gasteiger partial charge >= 0.3 is 5.97 Å². The summed E-state index contributed by atoms with van der Waals surface area (Å²) in [6.45, 7) is -0.533. The fourth-order valence-electron chi connectivity index (χ4n) is 4.04. The van der Waals surface area contributed by atoms with Gasteiger partial charge in [-0.3, -0.25) is 9.36 Å². The van der Waals surface area contributed by atoms with Crippen LogP contribution in [0.1, 0.15) is 23.2 Å². The number of anilines is 2. The van der Waals surface area contributed by atoms with Gasteiger partial charge in [0.25, 0.3) is 0 Å². The number of carbonyl (C=O) groups is 1. The maximum absolute atomic E-state index is 15.2. The molecular weight excluding hydrogens is 496 g/mol. The molecule has 35 heavy (non-hydrogen) atoms. The SMILES string of the molecule is Nc1nc(-n2cc(C(=O)O)c(=O)c3cc(F)c(N4CCC(=C(F)CO)CC4)c(Cl)c32)c(F)cc1F. The van der Waals surface area contributed by atoms with Crippen molar-refractivity contribution in [3.05, 3.63) is 68.0 Å². The molecule has 0 atom stereocenters. The highest BCUT2D eigenvalue weighted by atomic mass is 35.5. The van der Waals surface area contributed by atoms with E-state index < -0.39 is 63.9 Å². The molecule has 3 heterocycles. The van der Waals surface area contributed by atoms with E-state index >= 15 is 4.39 Å². The first-order valence-electron chi connectivity index (χ1n) is 10.2. The first-order chi connectivity index (χ1) is 16.5. The normalized spacial score (nSPS) is 14.0. The van der Waals surface area contributed by atoms with Crippen LogP contribution in [-0.4, -0.2) is 45.4 Å². The summed E-state index contributed by atoms with van der Waals surface area (Å²) in [5, 5.41) is 17.6. The molecule has 0 amide bonds. The highest BCUT2D eigenvalue weighted by Gasteiger charge is 2.28. The number of aliphatic hydroxyl groups is 1. The average molecular weight is 513 g/mol. The minimum atomic E-state index is -1.68. The Morgan fingerprint density at radius 3 is 2.40 bits per heavy atom. The number of nitrogens with two attached hydrogens (primary N) is 1. The Kier molecular flexibility index (Phi) is 6.43. The highest BCUT2D eigenvalue weighted by Crippen LogP contribution is 2.38. The van der Waals surface area contributed by atoms with Crippen LogP contribution in [0.25, 0.3) is 16.7 Å². The van der Waals surface area contributed by atoms with Gasteiger partial charge in [0.1, 0.15) is 17.2 Å². The topological polar surface area (TPSA) is 122 Å². The fraction of sp³-hybridized carbons (Fsp3) is 0.227. The molecule has 1 saturated heterocycles. The number of nitrogen functional groups attached to an aromatic ring is 1. The summed E-state index contributed by atoms with van der Waals surface area (Å²) in [5.41, 5.74) is 3.45. The van der Waals surface area contributed by atoms with Crippen molar-refractivity contribution in [2.75, 3.05) is 30.3 Å². The number of benzene rings is 1. The largest absolute Gasteiger partial charge is 0.477 e. The number of halogens is 5. The molecule has 184 valence electrons. The van der Waals surface area contributed by atoms with Gasteiger partial charge in [-0.05, 0) is 24.5 Å². The van der Waals surface area contributed by atoms with E-state index in [2.05, 4.69) is 4.98 Å². The van der Waals surface area contributed by atoms with Crippen LogP contribution in [0, 0.1) is 17.5 Å². The van der Waals surface area contributed by atoms with Crippen LogP contribution in [0.2, 0.25) is 5.02 Å². The van der Waals surface area contributed by atoms with Crippen molar-refractivity contribution in [3.63, 3.8) is 0 Å². The van der Waals surface area contributed by atoms with E-state index in [1.165, 1.54) is 4.90 Å². The minimum absolute atomic E-state index is 0.110. The second kappa shape index (κ2) is 9.19. The molecule has 0 spiro atoms. The van der Waals surface area contributed by atoms with Crippen molar-refractivity contribution in [2.24, 2.45) is 0 Å². The standard InChI is InChI=1S/C22H17ClF4N4O4/c23-16-17-10(5-12(24)18(16)30-3-1-9(2-4-30)15(27)8-32)19(33)11(22(34)35)7-31(17)21-14(26)6-13(25)20(28)29-21/h5-7,32H,1-4,8H2,(H2,28,29)(H,34,35). The predicted octanol–water partition coefficient (Wildman–Crippen LogP) is 3.55. The summed E-state index contributed by atoms with van der Waals surface area (Å²) >= 11 is 6.52. The Labute approximate surface area is 199 Å². The molecule has 13 heteroatoms. The number of aliphatic hydroxyl groups excluding tert-OH is 1. The molecule has 4 rings (SSSR count). The molecule has 1 aliphatic rings. The van der Waals surface area contributed by atoms with Crippen LogP contribution < -0.4 is 16.1 Å². The van der Waals surface area contributed by atoms with Crippen LogP contribution in [0.3, 0.4) is 0 Å². The Morgan fingerprint density at radius 1 is 1.14 bits per heavy atom. The number of piperidine rings is 1. The van der Waals surface area contributed by atoms with Crippen molar-refractivity contribution in [1.29, 1.82) is 0 Å². The van der Waals surface area contributed by atoms with Crippen molar-refractivity contribution >= 4 is 40.0 Å². The number of carboxylic acids is 1. The molecule has 1 fully saturated rings. The Morgan fingerprint density at radius 2 is 1.80 bits per heavy atom. The van der Waals surface area contributed by atoms with E-state index in [1.54, 1.807) is 0 Å². The maximum atomic E-state index is 15.2. The summed E-state index contributed by atoms with van der Waals surface area (Å²) in [6.07, 6.45) is 1.07. The molecule has 1 aromatic carbocycles. The van der Waals surface area contributed by atoms with Gasteiger partial charge in [-0.2, -0.15) is 0 Å². The molecule has 1 aliphatic heterocycles. The molecule has 0 bridgehead atoms. The summed E-state index contributed by atoms with van der Waals surface area (Å²) in [4.78, 5) is 29.6. The molecule has 3 aromatic rings. The van der Waals surface area contributed by atoms with Crippen LogP contribution in [0.4, 0.5) is 29.1 Å². The predicted molar refractivity (Wildman–Crippen MR) is 120 cm³/mol. The number of aromatic carboxylic acids is 1. The molecule has 0 aliphatic carbocycles. The Bertz CT molecular complexity index is 1460. The molecule has 0 saturated carbocycles. The van der Waals surface area contributed by atoms with Crippen LogP contribution in [-0.2, 0) is 0 Å². The number of pyridine rings is 2. The zero-order valence-corrected chi connectivity index (χ0v) is 18.5. The lowest BCUT2D eigenvalue weighted by atomic mass is 10.0. The Balaban J connectivity index is 2.00. The maximum Gasteiger partial charge on any atom is 0.341 e. The lowest BCUT2D eigenvalue weighted by Gasteiger charge is -2.32. The number of rotatable bonds is 4. The van der Waals surface area contributed by atoms with Gasteiger partial charge in [0.2, 0.25) is 5.43 Å². The summed E-state index contributed by atoms with van der Waals surface area (Å²) in [5.74, 6) is -7.08. The Hall–Kier alpha value is -3.64. The molecule has 0 unspecified atom stereocenters. The van der Waals surface area contributed by atoms with E-state index in [1.807, 2.05) is 0 Å². The van der Waals surface area contributed by atoms with Crippen molar-refractivity contribution in [3.8, 4) is 5.82 Å². The number of carboxylic acid groups (broad SMARTS) is 1.